The van der Waals surface area contributed by atoms with Crippen molar-refractivity contribution in [2.24, 2.45) is 0 Å². The molecule has 5 heteroatoms. The van der Waals surface area contributed by atoms with Gasteiger partial charge in [0.2, 0.25) is 0 Å². The van der Waals surface area contributed by atoms with Gasteiger partial charge in [-0.1, -0.05) is 0 Å². The smallest absolute Gasteiger partial charge is 0.253 e. The number of hydrogen-bond donors (Lipinski definition) is 0. The molecule has 0 saturated heterocycles. The summed E-state index contributed by atoms with van der Waals surface area (Å²) in [6.07, 6.45) is 0. The summed E-state index contributed by atoms with van der Waals surface area (Å²) >= 11 is 7.36. The van der Waals surface area contributed by atoms with Crippen LogP contribution in [0.2, 0.25) is 0 Å². The van der Waals surface area contributed by atoms with Crippen LogP contribution in [0.4, 0.5) is 0 Å². The Morgan fingerprint density at radius 1 is 1.64 bits per heavy atom. The maximum absolute atomic E-state index is 11.0. The van der Waals surface area contributed by atoms with Gasteiger partial charge in [0.1, 0.15) is 17.4 Å². The molecule has 0 aliphatic rings. The summed E-state index contributed by atoms with van der Waals surface area (Å²) in [6.45, 7) is 0. The molecule has 1 rings (SSSR count). The Bertz CT molecular complexity index is 426. The molecule has 14 heavy (non-hydrogen) atoms. The van der Waals surface area contributed by atoms with Crippen molar-refractivity contribution in [3.8, 4) is 11.8 Å². The van der Waals surface area contributed by atoms with Crippen molar-refractivity contribution in [3.63, 3.8) is 0 Å². The fraction of sp³-hybridized carbons (Fsp3) is 0.111. The summed E-state index contributed by atoms with van der Waals surface area (Å²) in [5.74, 6) is 0.364. The van der Waals surface area contributed by atoms with Crippen LogP contribution in [0.1, 0.15) is 15.9 Å². The molecule has 1 aromatic carbocycles. The molecule has 0 saturated carbocycles. The Hall–Kier alpha value is -0.800. The molecule has 3 nitrogen and oxygen atoms in total. The van der Waals surface area contributed by atoms with E-state index in [9.17, 15) is 4.79 Å². The van der Waals surface area contributed by atoms with Gasteiger partial charge in [-0.3, -0.25) is 4.79 Å². The number of carbonyl (C=O) groups excluding carboxylic acids is 1. The Balaban J connectivity index is 3.49. The van der Waals surface area contributed by atoms with E-state index in [0.717, 1.165) is 3.57 Å². The molecule has 0 aliphatic carbocycles. The third-order valence-electron chi connectivity index (χ3n) is 1.61. The number of benzene rings is 1. The lowest BCUT2D eigenvalue weighted by atomic mass is 10.1. The number of halogens is 2. The summed E-state index contributed by atoms with van der Waals surface area (Å²) in [5.41, 5.74) is 0.353. The maximum atomic E-state index is 11.0. The number of methoxy groups -OCH3 is 1. The van der Waals surface area contributed by atoms with Crippen molar-refractivity contribution in [3.05, 3.63) is 26.8 Å². The second-order valence-electron chi connectivity index (χ2n) is 2.42. The van der Waals surface area contributed by atoms with Gasteiger partial charge in [0.25, 0.3) is 5.24 Å². The van der Waals surface area contributed by atoms with E-state index in [2.05, 4.69) is 0 Å². The highest BCUT2D eigenvalue weighted by molar-refractivity contribution is 14.1. The molecule has 0 atom stereocenters. The van der Waals surface area contributed by atoms with Crippen LogP contribution in [0.15, 0.2) is 12.1 Å². The van der Waals surface area contributed by atoms with E-state index in [0.29, 0.717) is 5.75 Å². The number of nitrogens with zero attached hydrogens (tertiary/aromatic N) is 1. The molecule has 0 aromatic heterocycles. The minimum absolute atomic E-state index is 0.174. The van der Waals surface area contributed by atoms with E-state index in [4.69, 9.17) is 21.6 Å². The summed E-state index contributed by atoms with van der Waals surface area (Å²) in [5, 5.41) is 8.17. The molecule has 72 valence electrons. The zero-order valence-corrected chi connectivity index (χ0v) is 10.1. The molecule has 0 heterocycles. The summed E-state index contributed by atoms with van der Waals surface area (Å²) < 4.78 is 5.76. The first-order chi connectivity index (χ1) is 6.60. The van der Waals surface area contributed by atoms with Crippen LogP contribution < -0.4 is 4.74 Å². The third-order valence-corrected chi connectivity index (χ3v) is 2.44. The topological polar surface area (TPSA) is 50.1 Å². The fourth-order valence-electron chi connectivity index (χ4n) is 1.01. The van der Waals surface area contributed by atoms with E-state index < -0.39 is 5.24 Å². The van der Waals surface area contributed by atoms with E-state index in [1.807, 2.05) is 28.7 Å². The Morgan fingerprint density at radius 3 is 2.71 bits per heavy atom. The first-order valence-corrected chi connectivity index (χ1v) is 5.03. The van der Waals surface area contributed by atoms with Gasteiger partial charge in [0.15, 0.2) is 0 Å². The maximum Gasteiger partial charge on any atom is 0.253 e. The summed E-state index contributed by atoms with van der Waals surface area (Å²) in [4.78, 5) is 11.0. The molecule has 0 amide bonds. The van der Waals surface area contributed by atoms with Crippen LogP contribution in [0.3, 0.4) is 0 Å². The fourth-order valence-corrected chi connectivity index (χ4v) is 1.76. The minimum atomic E-state index is -0.654. The molecule has 0 fully saturated rings. The van der Waals surface area contributed by atoms with E-state index in [1.165, 1.54) is 7.11 Å². The molecular formula is C9H5ClINO2. The summed E-state index contributed by atoms with van der Waals surface area (Å²) in [6, 6.07) is 5.11. The Morgan fingerprint density at radius 2 is 2.29 bits per heavy atom. The van der Waals surface area contributed by atoms with Crippen molar-refractivity contribution in [2.75, 3.05) is 7.11 Å². The van der Waals surface area contributed by atoms with Crippen LogP contribution in [0, 0.1) is 14.9 Å². The summed E-state index contributed by atoms with van der Waals surface area (Å²) in [7, 11) is 1.44. The van der Waals surface area contributed by atoms with Crippen molar-refractivity contribution in [1.82, 2.24) is 0 Å². The second kappa shape index (κ2) is 4.62. The number of nitriles is 1. The lowest BCUT2D eigenvalue weighted by molar-refractivity contribution is 0.108. The van der Waals surface area contributed by atoms with E-state index in [-0.39, 0.29) is 11.1 Å². The van der Waals surface area contributed by atoms with Gasteiger partial charge >= 0.3 is 0 Å². The van der Waals surface area contributed by atoms with E-state index in [1.54, 1.807) is 12.1 Å². The predicted molar refractivity (Wildman–Crippen MR) is 60.6 cm³/mol. The van der Waals surface area contributed by atoms with Crippen LogP contribution >= 0.6 is 34.2 Å². The monoisotopic (exact) mass is 321 g/mol. The van der Waals surface area contributed by atoms with Gasteiger partial charge in [-0.2, -0.15) is 5.26 Å². The number of hydrogen-bond acceptors (Lipinski definition) is 3. The first-order valence-electron chi connectivity index (χ1n) is 3.57. The van der Waals surface area contributed by atoms with Crippen molar-refractivity contribution >= 4 is 39.4 Å². The van der Waals surface area contributed by atoms with Gasteiger partial charge in [0, 0.05) is 3.57 Å². The van der Waals surface area contributed by atoms with Crippen molar-refractivity contribution < 1.29 is 9.53 Å². The largest absolute Gasteiger partial charge is 0.495 e. The Labute approximate surface area is 99.8 Å². The minimum Gasteiger partial charge on any atom is -0.495 e. The van der Waals surface area contributed by atoms with Crippen molar-refractivity contribution in [2.45, 2.75) is 0 Å². The van der Waals surface area contributed by atoms with E-state index >= 15 is 0 Å². The van der Waals surface area contributed by atoms with Crippen LogP contribution in [-0.4, -0.2) is 12.4 Å². The Kier molecular flexibility index (Phi) is 3.72. The van der Waals surface area contributed by atoms with Gasteiger partial charge in [-0.25, -0.2) is 0 Å². The zero-order chi connectivity index (χ0) is 10.7. The van der Waals surface area contributed by atoms with Gasteiger partial charge < -0.3 is 4.74 Å². The first kappa shape index (κ1) is 11.3. The second-order valence-corrected chi connectivity index (χ2v) is 4.01. The van der Waals surface area contributed by atoms with Gasteiger partial charge in [0.05, 0.1) is 12.7 Å². The quantitative estimate of drug-likeness (QED) is 0.621. The third kappa shape index (κ3) is 2.16. The SMILES string of the molecule is COc1cc(I)cc(C(=O)Cl)c1C#N. The highest BCUT2D eigenvalue weighted by Gasteiger charge is 2.14. The lowest BCUT2D eigenvalue weighted by Crippen LogP contribution is -1.99. The average Bonchev–Trinajstić information content (AvgIpc) is 2.16. The number of ether oxygens (including phenoxy) is 1. The lowest BCUT2D eigenvalue weighted by Gasteiger charge is -2.06. The zero-order valence-electron chi connectivity index (χ0n) is 7.17. The molecule has 0 radical (unpaired) electrons. The van der Waals surface area contributed by atoms with Crippen LogP contribution in [0.25, 0.3) is 0 Å². The van der Waals surface area contributed by atoms with Gasteiger partial charge in [-0.15, -0.1) is 0 Å². The molecule has 1 aromatic rings. The molecule has 0 N–H and O–H groups in total. The average molecular weight is 322 g/mol. The molecule has 0 aliphatic heterocycles. The number of carbonyl (C=O) groups is 1. The molecular weight excluding hydrogens is 316 g/mol. The normalized spacial score (nSPS) is 9.29. The highest BCUT2D eigenvalue weighted by Crippen LogP contribution is 2.25. The van der Waals surface area contributed by atoms with Gasteiger partial charge in [-0.05, 0) is 46.3 Å². The predicted octanol–water partition coefficient (Wildman–Crippen LogP) is 2.55. The molecule has 0 unspecified atom stereocenters. The standard InChI is InChI=1S/C9H5ClINO2/c1-14-8-3-5(11)2-6(9(10)13)7(8)4-12/h2-3H,1H3. The van der Waals surface area contributed by atoms with Crippen molar-refractivity contribution in [1.29, 1.82) is 5.26 Å². The number of rotatable bonds is 2. The molecule has 0 spiro atoms. The van der Waals surface area contributed by atoms with Crippen LogP contribution in [-0.2, 0) is 0 Å². The highest BCUT2D eigenvalue weighted by atomic mass is 127. The van der Waals surface area contributed by atoms with Crippen LogP contribution in [0.5, 0.6) is 5.75 Å². The molecule has 0 bridgehead atoms.